The zero-order chi connectivity index (χ0) is 19.9. The minimum absolute atomic E-state index is 0.113. The van der Waals surface area contributed by atoms with Gasteiger partial charge in [-0.1, -0.05) is 30.7 Å². The summed E-state index contributed by atoms with van der Waals surface area (Å²) in [7, 11) is 0. The summed E-state index contributed by atoms with van der Waals surface area (Å²) in [5.41, 5.74) is 1.75. The van der Waals surface area contributed by atoms with Crippen molar-refractivity contribution < 1.29 is 14.6 Å². The van der Waals surface area contributed by atoms with E-state index in [-0.39, 0.29) is 12.4 Å². The van der Waals surface area contributed by atoms with Crippen molar-refractivity contribution in [2.75, 3.05) is 44.2 Å². The van der Waals surface area contributed by atoms with Crippen molar-refractivity contribution in [1.29, 1.82) is 0 Å². The average molecular weight is 403 g/mol. The van der Waals surface area contributed by atoms with E-state index in [0.717, 1.165) is 36.9 Å². The van der Waals surface area contributed by atoms with Crippen LogP contribution >= 0.6 is 11.6 Å². The average Bonchev–Trinajstić information content (AvgIpc) is 2.73. The summed E-state index contributed by atoms with van der Waals surface area (Å²) in [4.78, 5) is 16.2. The number of carbonyl (C=O) groups excluding carboxylic acids is 1. The van der Waals surface area contributed by atoms with Crippen LogP contribution in [0.1, 0.15) is 23.7 Å². The van der Waals surface area contributed by atoms with Gasteiger partial charge in [-0.15, -0.1) is 0 Å². The number of β-amino-alcohol motifs (C(OH)–C–C–N with tert-alkyl or cyclic N) is 1. The minimum Gasteiger partial charge on any atom is -0.491 e. The van der Waals surface area contributed by atoms with Gasteiger partial charge in [0, 0.05) is 44.7 Å². The van der Waals surface area contributed by atoms with Crippen molar-refractivity contribution in [3.8, 4) is 5.75 Å². The molecule has 2 aromatic rings. The summed E-state index contributed by atoms with van der Waals surface area (Å²) in [6.07, 6.45) is -0.0772. The number of aliphatic hydroxyl groups is 1. The van der Waals surface area contributed by atoms with Gasteiger partial charge in [0.2, 0.25) is 0 Å². The van der Waals surface area contributed by atoms with E-state index in [0.29, 0.717) is 24.3 Å². The van der Waals surface area contributed by atoms with Crippen molar-refractivity contribution in [1.82, 2.24) is 4.90 Å². The number of hydrogen-bond acceptors (Lipinski definition) is 5. The predicted molar refractivity (Wildman–Crippen MR) is 113 cm³/mol. The van der Waals surface area contributed by atoms with Gasteiger partial charge in [-0.2, -0.15) is 0 Å². The second-order valence-corrected chi connectivity index (χ2v) is 7.41. The van der Waals surface area contributed by atoms with Gasteiger partial charge in [0.1, 0.15) is 18.5 Å². The van der Waals surface area contributed by atoms with Crippen molar-refractivity contribution in [2.45, 2.75) is 19.4 Å². The maximum absolute atomic E-state index is 11.6. The Hall–Kier alpha value is -2.08. The number of ketones is 1. The molecule has 3 rings (SSSR count). The molecular weight excluding hydrogens is 376 g/mol. The standard InChI is InChI=1S/C22H27ClN2O3/c1-2-22(27)17-7-9-19(10-8-17)28-16-18(26)15-24-11-13-25(14-12-24)21-6-4-3-5-20(21)23/h3-10,18,26H,2,11-16H2,1H3/t18-/m0/s1. The third-order valence-corrected chi connectivity index (χ3v) is 5.29. The quantitative estimate of drug-likeness (QED) is 0.685. The van der Waals surface area contributed by atoms with E-state index in [9.17, 15) is 9.90 Å². The van der Waals surface area contributed by atoms with Crippen LogP contribution in [0.4, 0.5) is 5.69 Å². The lowest BCUT2D eigenvalue weighted by Crippen LogP contribution is -2.49. The smallest absolute Gasteiger partial charge is 0.162 e. The van der Waals surface area contributed by atoms with Gasteiger partial charge in [0.25, 0.3) is 0 Å². The first-order valence-electron chi connectivity index (χ1n) is 9.72. The lowest BCUT2D eigenvalue weighted by molar-refractivity contribution is 0.0663. The third-order valence-electron chi connectivity index (χ3n) is 4.97. The Bertz CT molecular complexity index is 774. The van der Waals surface area contributed by atoms with E-state index in [4.69, 9.17) is 16.3 Å². The summed E-state index contributed by atoms with van der Waals surface area (Å²) in [6, 6.07) is 15.0. The molecule has 1 saturated heterocycles. The normalized spacial score (nSPS) is 16.0. The fraction of sp³-hybridized carbons (Fsp3) is 0.409. The maximum atomic E-state index is 11.6. The van der Waals surface area contributed by atoms with E-state index in [1.54, 1.807) is 24.3 Å². The highest BCUT2D eigenvalue weighted by Gasteiger charge is 2.20. The molecule has 5 nitrogen and oxygen atoms in total. The zero-order valence-electron chi connectivity index (χ0n) is 16.2. The fourth-order valence-electron chi connectivity index (χ4n) is 3.36. The molecule has 1 N–H and O–H groups in total. The monoisotopic (exact) mass is 402 g/mol. The summed E-state index contributed by atoms with van der Waals surface area (Å²) in [5.74, 6) is 0.776. The molecule has 0 aromatic heterocycles. The molecule has 1 heterocycles. The van der Waals surface area contributed by atoms with Crippen LogP contribution in [0.5, 0.6) is 5.75 Å². The van der Waals surface area contributed by atoms with Gasteiger partial charge in [-0.05, 0) is 36.4 Å². The Morgan fingerprint density at radius 1 is 1.11 bits per heavy atom. The molecule has 1 atom stereocenters. The number of aliphatic hydroxyl groups excluding tert-OH is 1. The number of anilines is 1. The Kier molecular flexibility index (Phi) is 7.31. The molecule has 1 fully saturated rings. The largest absolute Gasteiger partial charge is 0.491 e. The number of halogens is 1. The highest BCUT2D eigenvalue weighted by atomic mass is 35.5. The molecule has 6 heteroatoms. The van der Waals surface area contributed by atoms with E-state index in [1.165, 1.54) is 0 Å². The van der Waals surface area contributed by atoms with Crippen molar-refractivity contribution in [3.63, 3.8) is 0 Å². The van der Waals surface area contributed by atoms with Gasteiger partial charge in [0.05, 0.1) is 10.7 Å². The number of benzene rings is 2. The molecule has 0 spiro atoms. The van der Waals surface area contributed by atoms with E-state index < -0.39 is 6.10 Å². The topological polar surface area (TPSA) is 53.0 Å². The van der Waals surface area contributed by atoms with Gasteiger partial charge >= 0.3 is 0 Å². The first-order valence-corrected chi connectivity index (χ1v) is 10.1. The van der Waals surface area contributed by atoms with Crippen LogP contribution in [0.25, 0.3) is 0 Å². The Balaban J connectivity index is 1.41. The van der Waals surface area contributed by atoms with Gasteiger partial charge < -0.3 is 14.7 Å². The van der Waals surface area contributed by atoms with Crippen molar-refractivity contribution in [2.24, 2.45) is 0 Å². The lowest BCUT2D eigenvalue weighted by atomic mass is 10.1. The van der Waals surface area contributed by atoms with Crippen LogP contribution in [-0.2, 0) is 0 Å². The van der Waals surface area contributed by atoms with Gasteiger partial charge in [-0.3, -0.25) is 9.69 Å². The van der Waals surface area contributed by atoms with Crippen LogP contribution in [0.2, 0.25) is 5.02 Å². The molecule has 1 aliphatic rings. The maximum Gasteiger partial charge on any atom is 0.162 e. The van der Waals surface area contributed by atoms with Gasteiger partial charge in [0.15, 0.2) is 5.78 Å². The predicted octanol–water partition coefficient (Wildman–Crippen LogP) is 3.49. The number of piperazine rings is 1. The molecule has 28 heavy (non-hydrogen) atoms. The number of ether oxygens (including phenoxy) is 1. The Morgan fingerprint density at radius 3 is 2.43 bits per heavy atom. The number of nitrogens with zero attached hydrogens (tertiary/aromatic N) is 2. The number of Topliss-reactive ketones (excluding diaryl/α,β-unsaturated/α-hetero) is 1. The van der Waals surface area contributed by atoms with E-state index >= 15 is 0 Å². The molecule has 0 saturated carbocycles. The molecule has 0 amide bonds. The van der Waals surface area contributed by atoms with Crippen LogP contribution in [0.3, 0.4) is 0 Å². The molecule has 2 aromatic carbocycles. The number of carbonyl (C=O) groups is 1. The van der Waals surface area contributed by atoms with Crippen LogP contribution in [0.15, 0.2) is 48.5 Å². The molecule has 150 valence electrons. The lowest BCUT2D eigenvalue weighted by Gasteiger charge is -2.37. The highest BCUT2D eigenvalue weighted by molar-refractivity contribution is 6.33. The molecule has 0 bridgehead atoms. The number of hydrogen-bond donors (Lipinski definition) is 1. The molecule has 0 aliphatic carbocycles. The number of para-hydroxylation sites is 1. The van der Waals surface area contributed by atoms with E-state index in [1.807, 2.05) is 31.2 Å². The molecule has 0 unspecified atom stereocenters. The molecular formula is C22H27ClN2O3. The summed E-state index contributed by atoms with van der Waals surface area (Å²) in [5, 5.41) is 11.1. The number of rotatable bonds is 8. The van der Waals surface area contributed by atoms with Crippen LogP contribution < -0.4 is 9.64 Å². The first-order chi connectivity index (χ1) is 13.6. The van der Waals surface area contributed by atoms with Crippen molar-refractivity contribution in [3.05, 3.63) is 59.1 Å². The van der Waals surface area contributed by atoms with Gasteiger partial charge in [-0.25, -0.2) is 0 Å². The Morgan fingerprint density at radius 2 is 1.79 bits per heavy atom. The minimum atomic E-state index is -0.566. The summed E-state index contributed by atoms with van der Waals surface area (Å²) in [6.45, 7) is 6.15. The Labute approximate surface area is 171 Å². The second-order valence-electron chi connectivity index (χ2n) is 7.01. The van der Waals surface area contributed by atoms with E-state index in [2.05, 4.69) is 9.80 Å². The third kappa shape index (κ3) is 5.47. The second kappa shape index (κ2) is 9.92. The zero-order valence-corrected chi connectivity index (χ0v) is 16.9. The highest BCUT2D eigenvalue weighted by Crippen LogP contribution is 2.26. The fourth-order valence-corrected chi connectivity index (χ4v) is 3.62. The van der Waals surface area contributed by atoms with Crippen molar-refractivity contribution >= 4 is 23.1 Å². The van der Waals surface area contributed by atoms with Crippen LogP contribution in [0, 0.1) is 0 Å². The molecule has 1 aliphatic heterocycles. The van der Waals surface area contributed by atoms with Crippen LogP contribution in [-0.4, -0.2) is 61.2 Å². The summed E-state index contributed by atoms with van der Waals surface area (Å²) < 4.78 is 5.67. The first kappa shape index (κ1) is 20.6. The molecule has 0 radical (unpaired) electrons. The summed E-state index contributed by atoms with van der Waals surface area (Å²) >= 11 is 6.28. The SMILES string of the molecule is CCC(=O)c1ccc(OC[C@@H](O)CN2CCN(c3ccccc3Cl)CC2)cc1.